The van der Waals surface area contributed by atoms with Crippen molar-refractivity contribution in [1.29, 1.82) is 0 Å². The summed E-state index contributed by atoms with van der Waals surface area (Å²) >= 11 is 1.48. The molecule has 1 saturated heterocycles. The first-order valence-electron chi connectivity index (χ1n) is 5.78. The van der Waals surface area contributed by atoms with Crippen LogP contribution in [0.3, 0.4) is 0 Å². The van der Waals surface area contributed by atoms with Crippen molar-refractivity contribution in [2.24, 2.45) is 11.8 Å². The van der Waals surface area contributed by atoms with Gasteiger partial charge in [-0.05, 0) is 25.2 Å². The van der Waals surface area contributed by atoms with E-state index in [1.165, 1.54) is 17.8 Å². The molecule has 0 aliphatic carbocycles. The van der Waals surface area contributed by atoms with Crippen molar-refractivity contribution in [3.8, 4) is 0 Å². The molecule has 0 spiro atoms. The van der Waals surface area contributed by atoms with E-state index >= 15 is 0 Å². The van der Waals surface area contributed by atoms with Gasteiger partial charge < -0.3 is 4.90 Å². The summed E-state index contributed by atoms with van der Waals surface area (Å²) in [7, 11) is 0. The molecule has 3 nitrogen and oxygen atoms in total. The standard InChI is InChI=1S/C12H18N2OS/c1-8-4-9(2)10(3)14(5-8)12(15)11-6-16-7-13-11/h6-10H,4-5H2,1-3H3. The predicted octanol–water partition coefficient (Wildman–Crippen LogP) is 2.65. The lowest BCUT2D eigenvalue weighted by molar-refractivity contribution is 0.0451. The second-order valence-corrected chi connectivity index (χ2v) is 5.61. The molecular formula is C12H18N2OS. The van der Waals surface area contributed by atoms with Crippen molar-refractivity contribution in [3.05, 3.63) is 16.6 Å². The second-order valence-electron chi connectivity index (χ2n) is 4.89. The number of carbonyl (C=O) groups is 1. The largest absolute Gasteiger partial charge is 0.334 e. The molecule has 3 atom stereocenters. The molecule has 1 amide bonds. The van der Waals surface area contributed by atoms with E-state index in [-0.39, 0.29) is 5.91 Å². The first-order valence-corrected chi connectivity index (χ1v) is 6.73. The van der Waals surface area contributed by atoms with Gasteiger partial charge in [-0.15, -0.1) is 11.3 Å². The van der Waals surface area contributed by atoms with Crippen LogP contribution in [0.15, 0.2) is 10.9 Å². The molecule has 1 fully saturated rings. The zero-order valence-electron chi connectivity index (χ0n) is 10.0. The van der Waals surface area contributed by atoms with Crippen molar-refractivity contribution >= 4 is 17.2 Å². The molecule has 1 aliphatic heterocycles. The smallest absolute Gasteiger partial charge is 0.273 e. The zero-order chi connectivity index (χ0) is 11.7. The first-order chi connectivity index (χ1) is 7.59. The maximum atomic E-state index is 12.2. The SMILES string of the molecule is CC1CC(C)C(C)N(C(=O)c2cscn2)C1. The number of hydrogen-bond donors (Lipinski definition) is 0. The van der Waals surface area contributed by atoms with Crippen LogP contribution in [-0.2, 0) is 0 Å². The number of piperidine rings is 1. The molecule has 1 aliphatic rings. The summed E-state index contributed by atoms with van der Waals surface area (Å²) in [5, 5.41) is 1.83. The minimum Gasteiger partial charge on any atom is -0.334 e. The number of carbonyl (C=O) groups excluding carboxylic acids is 1. The van der Waals surface area contributed by atoms with Gasteiger partial charge in [0.05, 0.1) is 5.51 Å². The highest BCUT2D eigenvalue weighted by atomic mass is 32.1. The second kappa shape index (κ2) is 4.53. The van der Waals surface area contributed by atoms with Crippen LogP contribution in [0.4, 0.5) is 0 Å². The number of amides is 1. The Bertz CT molecular complexity index is 363. The molecule has 4 heteroatoms. The lowest BCUT2D eigenvalue weighted by atomic mass is 9.86. The van der Waals surface area contributed by atoms with E-state index in [1.807, 2.05) is 10.3 Å². The Labute approximate surface area is 100 Å². The van der Waals surface area contributed by atoms with E-state index in [4.69, 9.17) is 0 Å². The molecular weight excluding hydrogens is 220 g/mol. The lowest BCUT2D eigenvalue weighted by Gasteiger charge is -2.40. The third-order valence-electron chi connectivity index (χ3n) is 3.51. The van der Waals surface area contributed by atoms with E-state index in [0.29, 0.717) is 23.6 Å². The quantitative estimate of drug-likeness (QED) is 0.753. The Morgan fingerprint density at radius 3 is 2.88 bits per heavy atom. The third-order valence-corrected chi connectivity index (χ3v) is 4.10. The molecule has 88 valence electrons. The fraction of sp³-hybridized carbons (Fsp3) is 0.667. The number of aromatic nitrogens is 1. The van der Waals surface area contributed by atoms with E-state index < -0.39 is 0 Å². The van der Waals surface area contributed by atoms with Gasteiger partial charge in [0.25, 0.3) is 5.91 Å². The Balaban J connectivity index is 2.16. The monoisotopic (exact) mass is 238 g/mol. The minimum absolute atomic E-state index is 0.0900. The number of hydrogen-bond acceptors (Lipinski definition) is 3. The van der Waals surface area contributed by atoms with Gasteiger partial charge in [0.15, 0.2) is 0 Å². The molecule has 0 N–H and O–H groups in total. The van der Waals surface area contributed by atoms with E-state index in [0.717, 1.165) is 6.54 Å². The van der Waals surface area contributed by atoms with E-state index in [2.05, 4.69) is 25.8 Å². The maximum absolute atomic E-state index is 12.2. The van der Waals surface area contributed by atoms with Gasteiger partial charge in [-0.1, -0.05) is 13.8 Å². The molecule has 0 saturated carbocycles. The summed E-state index contributed by atoms with van der Waals surface area (Å²) in [6.07, 6.45) is 1.21. The number of rotatable bonds is 1. The molecule has 1 aromatic rings. The predicted molar refractivity (Wildman–Crippen MR) is 65.6 cm³/mol. The normalized spacial score (nSPS) is 30.4. The molecule has 2 heterocycles. The summed E-state index contributed by atoms with van der Waals surface area (Å²) in [6, 6.07) is 0.324. The molecule has 3 unspecified atom stereocenters. The zero-order valence-corrected chi connectivity index (χ0v) is 10.8. The number of nitrogens with zero attached hydrogens (tertiary/aromatic N) is 2. The van der Waals surface area contributed by atoms with E-state index in [1.54, 1.807) is 5.51 Å². The van der Waals surface area contributed by atoms with E-state index in [9.17, 15) is 4.79 Å². The average Bonchev–Trinajstić information content (AvgIpc) is 2.75. The molecule has 16 heavy (non-hydrogen) atoms. The van der Waals surface area contributed by atoms with Crippen LogP contribution in [0.1, 0.15) is 37.7 Å². The highest BCUT2D eigenvalue weighted by Gasteiger charge is 2.32. The van der Waals surface area contributed by atoms with Crippen LogP contribution in [0.25, 0.3) is 0 Å². The molecule has 1 aromatic heterocycles. The van der Waals surface area contributed by atoms with Crippen LogP contribution in [0, 0.1) is 11.8 Å². The summed E-state index contributed by atoms with van der Waals surface area (Å²) < 4.78 is 0. The maximum Gasteiger partial charge on any atom is 0.273 e. The highest BCUT2D eigenvalue weighted by molar-refractivity contribution is 7.07. The van der Waals surface area contributed by atoms with Gasteiger partial charge in [0.2, 0.25) is 0 Å². The van der Waals surface area contributed by atoms with Crippen LogP contribution >= 0.6 is 11.3 Å². The number of likely N-dealkylation sites (tertiary alicyclic amines) is 1. The van der Waals surface area contributed by atoms with Crippen LogP contribution < -0.4 is 0 Å². The fourth-order valence-corrected chi connectivity index (χ4v) is 2.97. The van der Waals surface area contributed by atoms with Gasteiger partial charge in [0, 0.05) is 18.0 Å². The van der Waals surface area contributed by atoms with Crippen molar-refractivity contribution in [1.82, 2.24) is 9.88 Å². The average molecular weight is 238 g/mol. The summed E-state index contributed by atoms with van der Waals surface area (Å²) in [5.41, 5.74) is 2.31. The van der Waals surface area contributed by atoms with Gasteiger partial charge >= 0.3 is 0 Å². The Morgan fingerprint density at radius 2 is 2.25 bits per heavy atom. The Morgan fingerprint density at radius 1 is 1.50 bits per heavy atom. The lowest BCUT2D eigenvalue weighted by Crippen LogP contribution is -2.48. The van der Waals surface area contributed by atoms with Gasteiger partial charge in [-0.2, -0.15) is 0 Å². The molecule has 0 bridgehead atoms. The van der Waals surface area contributed by atoms with Crippen LogP contribution in [0.2, 0.25) is 0 Å². The Hall–Kier alpha value is -0.900. The van der Waals surface area contributed by atoms with Gasteiger partial charge in [-0.3, -0.25) is 4.79 Å². The molecule has 0 aromatic carbocycles. The summed E-state index contributed by atoms with van der Waals surface area (Å²) in [6.45, 7) is 7.44. The third kappa shape index (κ3) is 2.12. The van der Waals surface area contributed by atoms with Crippen LogP contribution in [-0.4, -0.2) is 28.4 Å². The van der Waals surface area contributed by atoms with Gasteiger partial charge in [0.1, 0.15) is 5.69 Å². The minimum atomic E-state index is 0.0900. The summed E-state index contributed by atoms with van der Waals surface area (Å²) in [5.74, 6) is 1.26. The number of thiazole rings is 1. The van der Waals surface area contributed by atoms with Crippen molar-refractivity contribution < 1.29 is 4.79 Å². The van der Waals surface area contributed by atoms with Crippen molar-refractivity contribution in [2.75, 3.05) is 6.54 Å². The topological polar surface area (TPSA) is 33.2 Å². The van der Waals surface area contributed by atoms with Crippen LogP contribution in [0.5, 0.6) is 0 Å². The highest BCUT2D eigenvalue weighted by Crippen LogP contribution is 2.27. The summed E-state index contributed by atoms with van der Waals surface area (Å²) in [4.78, 5) is 18.3. The Kier molecular flexibility index (Phi) is 3.28. The fourth-order valence-electron chi connectivity index (χ4n) is 2.45. The molecule has 0 radical (unpaired) electrons. The van der Waals surface area contributed by atoms with Crippen molar-refractivity contribution in [3.63, 3.8) is 0 Å². The van der Waals surface area contributed by atoms with Crippen molar-refractivity contribution in [2.45, 2.75) is 33.2 Å². The first kappa shape index (κ1) is 11.6. The molecule has 2 rings (SSSR count). The van der Waals surface area contributed by atoms with Gasteiger partial charge in [-0.25, -0.2) is 4.98 Å².